The lowest BCUT2D eigenvalue weighted by Crippen LogP contribution is -2.24. The Morgan fingerprint density at radius 2 is 1.32 bits per heavy atom. The highest BCUT2D eigenvalue weighted by Gasteiger charge is 2.22. The molecule has 0 saturated heterocycles. The molecule has 4 aromatic carbocycles. The molecule has 47 heavy (non-hydrogen) atoms. The number of hydrogen-bond acceptors (Lipinski definition) is 4. The Hall–Kier alpha value is -5.54. The number of benzene rings is 4. The summed E-state index contributed by atoms with van der Waals surface area (Å²) in [5.74, 6) is 2.19. The second-order valence-electron chi connectivity index (χ2n) is 14.3. The molecule has 0 fully saturated rings. The highest BCUT2D eigenvalue weighted by Crippen LogP contribution is 2.39. The van der Waals surface area contributed by atoms with E-state index in [2.05, 4.69) is 122 Å². The summed E-state index contributed by atoms with van der Waals surface area (Å²) in [6.07, 6.45) is 6.00. The van der Waals surface area contributed by atoms with Gasteiger partial charge >= 0.3 is 0 Å². The molecular formula is C41H39N5O. The topological polar surface area (TPSA) is 37.9 Å². The van der Waals surface area contributed by atoms with Gasteiger partial charge < -0.3 is 14.5 Å². The first-order chi connectivity index (χ1) is 22.5. The predicted molar refractivity (Wildman–Crippen MR) is 194 cm³/mol. The van der Waals surface area contributed by atoms with Crippen LogP contribution in [0.4, 0.5) is 17.1 Å². The lowest BCUT2D eigenvalue weighted by atomic mass is 9.86. The van der Waals surface area contributed by atoms with Crippen LogP contribution in [0.5, 0.6) is 11.5 Å². The number of para-hydroxylation sites is 1. The van der Waals surface area contributed by atoms with Crippen molar-refractivity contribution in [2.45, 2.75) is 52.4 Å². The fourth-order valence-corrected chi connectivity index (χ4v) is 6.15. The summed E-state index contributed by atoms with van der Waals surface area (Å²) >= 11 is 0. The van der Waals surface area contributed by atoms with Crippen LogP contribution in [-0.2, 0) is 10.8 Å². The van der Waals surface area contributed by atoms with Gasteiger partial charge in [-0.15, -0.1) is 0 Å². The van der Waals surface area contributed by atoms with Crippen molar-refractivity contribution in [3.63, 3.8) is 0 Å². The smallest absolute Gasteiger partial charge is 0.192 e. The minimum absolute atomic E-state index is 0.00127. The quantitative estimate of drug-likeness (QED) is 0.180. The number of ether oxygens (including phenoxy) is 1. The maximum atomic E-state index is 7.79. The Labute approximate surface area is 277 Å². The predicted octanol–water partition coefficient (Wildman–Crippen LogP) is 10.9. The summed E-state index contributed by atoms with van der Waals surface area (Å²) in [4.78, 5) is 12.9. The normalized spacial score (nSPS) is 13.5. The summed E-state index contributed by atoms with van der Waals surface area (Å²) in [6.45, 7) is 21.8. The largest absolute Gasteiger partial charge is 0.459 e. The minimum atomic E-state index is -0.0183. The Kier molecular flexibility index (Phi) is 7.28. The van der Waals surface area contributed by atoms with Crippen molar-refractivity contribution in [3.05, 3.63) is 138 Å². The van der Waals surface area contributed by atoms with Gasteiger partial charge in [0.25, 0.3) is 0 Å². The van der Waals surface area contributed by atoms with Crippen LogP contribution in [0, 0.1) is 6.57 Å². The van der Waals surface area contributed by atoms with E-state index < -0.39 is 0 Å². The zero-order valence-electron chi connectivity index (χ0n) is 27.8. The molecule has 6 nitrogen and oxygen atoms in total. The van der Waals surface area contributed by atoms with Gasteiger partial charge in [-0.1, -0.05) is 71.9 Å². The van der Waals surface area contributed by atoms with Gasteiger partial charge in [-0.3, -0.25) is 4.57 Å². The van der Waals surface area contributed by atoms with Crippen LogP contribution in [-0.4, -0.2) is 16.2 Å². The second-order valence-corrected chi connectivity index (χ2v) is 14.3. The average Bonchev–Trinajstić information content (AvgIpc) is 3.67. The standard InChI is InChI=1S/C41H39N5O/c1-40(2,3)28-13-15-35-36-16-14-33(26-38(36)46(37(35)21-28)39-22-29(17-18-43-39)41(4,5)6)47-34-24-30(42-7)23-32(25-34)45-20-19-44(27-45)31-11-9-8-10-12-31/h8-26H,27H2,1-6H3. The van der Waals surface area contributed by atoms with Crippen LogP contribution < -0.4 is 14.5 Å². The Balaban J connectivity index is 1.30. The molecule has 1 aliphatic heterocycles. The molecule has 1 aliphatic rings. The number of pyridine rings is 1. The number of rotatable bonds is 5. The van der Waals surface area contributed by atoms with Gasteiger partial charge in [0.2, 0.25) is 0 Å². The molecule has 0 bridgehead atoms. The highest BCUT2D eigenvalue weighted by atomic mass is 16.5. The molecule has 0 N–H and O–H groups in total. The third-order valence-electron chi connectivity index (χ3n) is 8.84. The molecule has 0 amide bonds. The van der Waals surface area contributed by atoms with E-state index in [0.717, 1.165) is 33.6 Å². The van der Waals surface area contributed by atoms with Crippen LogP contribution in [0.15, 0.2) is 116 Å². The maximum absolute atomic E-state index is 7.79. The molecule has 2 aromatic heterocycles. The average molecular weight is 618 g/mol. The number of hydrogen-bond donors (Lipinski definition) is 0. The molecule has 3 heterocycles. The van der Waals surface area contributed by atoms with E-state index in [1.807, 2.05) is 48.8 Å². The molecule has 0 saturated carbocycles. The van der Waals surface area contributed by atoms with Gasteiger partial charge in [0.1, 0.15) is 17.3 Å². The lowest BCUT2D eigenvalue weighted by Gasteiger charge is -2.22. The highest BCUT2D eigenvalue weighted by molar-refractivity contribution is 6.09. The second kappa shape index (κ2) is 11.4. The molecule has 0 spiro atoms. The molecule has 7 rings (SSSR count). The van der Waals surface area contributed by atoms with Gasteiger partial charge in [-0.2, -0.15) is 0 Å². The SMILES string of the molecule is [C-]#[N+]c1cc(Oc2ccc3c4ccc(C(C)(C)C)cc4n(-c4cc(C(C)(C)C)ccn4)c3c2)cc(N2C=CN(c3ccccc3)C2)c1. The van der Waals surface area contributed by atoms with Crippen LogP contribution in [0.1, 0.15) is 52.7 Å². The zero-order chi connectivity index (χ0) is 32.9. The number of fused-ring (bicyclic) bond motifs is 3. The van der Waals surface area contributed by atoms with E-state index in [-0.39, 0.29) is 10.8 Å². The summed E-state index contributed by atoms with van der Waals surface area (Å²) in [5.41, 5.74) is 7.14. The lowest BCUT2D eigenvalue weighted by molar-refractivity contribution is 0.483. The molecule has 6 aromatic rings. The summed E-state index contributed by atoms with van der Waals surface area (Å²) < 4.78 is 8.80. The molecule has 6 heteroatoms. The first-order valence-electron chi connectivity index (χ1n) is 16.0. The molecule has 0 aliphatic carbocycles. The van der Waals surface area contributed by atoms with Crippen molar-refractivity contribution in [3.8, 4) is 17.3 Å². The van der Waals surface area contributed by atoms with Crippen LogP contribution in [0.25, 0.3) is 32.5 Å². The van der Waals surface area contributed by atoms with Crippen molar-refractivity contribution in [1.82, 2.24) is 9.55 Å². The fourth-order valence-electron chi connectivity index (χ4n) is 6.15. The third kappa shape index (κ3) is 5.81. The van der Waals surface area contributed by atoms with Crippen molar-refractivity contribution >= 4 is 38.9 Å². The van der Waals surface area contributed by atoms with Crippen molar-refractivity contribution in [1.29, 1.82) is 0 Å². The van der Waals surface area contributed by atoms with Gasteiger partial charge in [-0.25, -0.2) is 9.83 Å². The Morgan fingerprint density at radius 3 is 2.02 bits per heavy atom. The molecule has 0 atom stereocenters. The number of anilines is 2. The van der Waals surface area contributed by atoms with E-state index in [9.17, 15) is 0 Å². The van der Waals surface area contributed by atoms with Gasteiger partial charge in [-0.05, 0) is 76.6 Å². The van der Waals surface area contributed by atoms with Crippen molar-refractivity contribution in [2.24, 2.45) is 0 Å². The Bertz CT molecular complexity index is 2190. The van der Waals surface area contributed by atoms with Gasteiger partial charge in [0, 0.05) is 52.9 Å². The number of nitrogens with zero attached hydrogens (tertiary/aromatic N) is 5. The zero-order valence-corrected chi connectivity index (χ0v) is 27.8. The first-order valence-corrected chi connectivity index (χ1v) is 16.0. The Morgan fingerprint density at radius 1 is 0.660 bits per heavy atom. The monoisotopic (exact) mass is 617 g/mol. The van der Waals surface area contributed by atoms with Gasteiger partial charge in [0.05, 0.1) is 24.3 Å². The third-order valence-corrected chi connectivity index (χ3v) is 8.84. The van der Waals surface area contributed by atoms with Crippen LogP contribution in [0.2, 0.25) is 0 Å². The minimum Gasteiger partial charge on any atom is -0.459 e. The summed E-state index contributed by atoms with van der Waals surface area (Å²) in [7, 11) is 0. The molecular weight excluding hydrogens is 578 g/mol. The molecule has 0 radical (unpaired) electrons. The van der Waals surface area contributed by atoms with E-state index in [4.69, 9.17) is 16.3 Å². The maximum Gasteiger partial charge on any atom is 0.192 e. The van der Waals surface area contributed by atoms with Crippen molar-refractivity contribution in [2.75, 3.05) is 16.5 Å². The number of aromatic nitrogens is 2. The first kappa shape index (κ1) is 30.1. The molecule has 0 unspecified atom stereocenters. The van der Waals surface area contributed by atoms with Crippen molar-refractivity contribution < 1.29 is 4.74 Å². The van der Waals surface area contributed by atoms with Crippen LogP contribution >= 0.6 is 0 Å². The van der Waals surface area contributed by atoms with E-state index in [1.54, 1.807) is 6.07 Å². The molecule has 234 valence electrons. The van der Waals surface area contributed by atoms with E-state index >= 15 is 0 Å². The van der Waals surface area contributed by atoms with E-state index in [1.165, 1.54) is 16.5 Å². The van der Waals surface area contributed by atoms with E-state index in [0.29, 0.717) is 23.9 Å². The summed E-state index contributed by atoms with van der Waals surface area (Å²) in [5, 5.41) is 2.30. The fraction of sp³-hybridized carbons (Fsp3) is 0.220. The van der Waals surface area contributed by atoms with Gasteiger partial charge in [0.15, 0.2) is 5.69 Å². The summed E-state index contributed by atoms with van der Waals surface area (Å²) in [6, 6.07) is 33.3. The van der Waals surface area contributed by atoms with Crippen LogP contribution in [0.3, 0.4) is 0 Å².